The minimum atomic E-state index is -0.195. The van der Waals surface area contributed by atoms with Crippen molar-refractivity contribution in [2.45, 2.75) is 52.3 Å². The highest BCUT2D eigenvalue weighted by Gasteiger charge is 2.23. The second-order valence-corrected chi connectivity index (χ2v) is 6.57. The fraction of sp³-hybridized carbons (Fsp3) is 0.500. The van der Waals surface area contributed by atoms with E-state index in [2.05, 4.69) is 20.5 Å². The maximum absolute atomic E-state index is 12.4. The van der Waals surface area contributed by atoms with Crippen LogP contribution in [0.2, 0.25) is 5.02 Å². The number of carbonyl (C=O) groups is 1. The third kappa shape index (κ3) is 3.51. The lowest BCUT2D eigenvalue weighted by atomic mass is 10.1. The van der Waals surface area contributed by atoms with Gasteiger partial charge in [0.25, 0.3) is 5.91 Å². The van der Waals surface area contributed by atoms with E-state index >= 15 is 0 Å². The summed E-state index contributed by atoms with van der Waals surface area (Å²) in [6.07, 6.45) is 3.08. The van der Waals surface area contributed by atoms with Crippen LogP contribution in [0.25, 0.3) is 0 Å². The second kappa shape index (κ2) is 6.76. The molecule has 128 valence electrons. The number of fused-ring (bicyclic) bond motifs is 1. The SMILES string of the molecule is Cc1nnc2n1C[C@@H](NC(=O)c1cnc(OC(C)C)c(Cl)c1)CC2. The second-order valence-electron chi connectivity index (χ2n) is 6.16. The van der Waals surface area contributed by atoms with Crippen molar-refractivity contribution < 1.29 is 9.53 Å². The summed E-state index contributed by atoms with van der Waals surface area (Å²) in [7, 11) is 0. The molecule has 8 heteroatoms. The van der Waals surface area contributed by atoms with Gasteiger partial charge in [0.2, 0.25) is 5.88 Å². The Kier molecular flexibility index (Phi) is 4.71. The summed E-state index contributed by atoms with van der Waals surface area (Å²) in [6, 6.07) is 1.62. The zero-order valence-electron chi connectivity index (χ0n) is 13.9. The highest BCUT2D eigenvalue weighted by Crippen LogP contribution is 2.23. The molecule has 0 spiro atoms. The summed E-state index contributed by atoms with van der Waals surface area (Å²) < 4.78 is 7.52. The molecule has 0 radical (unpaired) electrons. The Morgan fingerprint density at radius 1 is 1.46 bits per heavy atom. The molecule has 1 amide bonds. The van der Waals surface area contributed by atoms with Crippen molar-refractivity contribution in [3.8, 4) is 5.88 Å². The average molecular weight is 350 g/mol. The normalized spacial score (nSPS) is 16.8. The molecule has 0 bridgehead atoms. The van der Waals surface area contributed by atoms with Crippen LogP contribution in [0.1, 0.15) is 42.3 Å². The lowest BCUT2D eigenvalue weighted by molar-refractivity contribution is 0.0927. The maximum atomic E-state index is 12.4. The Hall–Kier alpha value is -2.15. The first-order valence-electron chi connectivity index (χ1n) is 7.95. The van der Waals surface area contributed by atoms with Gasteiger partial charge in [0.05, 0.1) is 11.7 Å². The van der Waals surface area contributed by atoms with Crippen molar-refractivity contribution in [1.29, 1.82) is 0 Å². The highest BCUT2D eigenvalue weighted by molar-refractivity contribution is 6.32. The van der Waals surface area contributed by atoms with Crippen molar-refractivity contribution in [2.24, 2.45) is 0 Å². The summed E-state index contributed by atoms with van der Waals surface area (Å²) in [5, 5.41) is 11.6. The van der Waals surface area contributed by atoms with Gasteiger partial charge < -0.3 is 14.6 Å². The van der Waals surface area contributed by atoms with Crippen LogP contribution in [0, 0.1) is 6.92 Å². The largest absolute Gasteiger partial charge is 0.474 e. The number of carbonyl (C=O) groups excluding carboxylic acids is 1. The Bertz CT molecular complexity index is 759. The van der Waals surface area contributed by atoms with Gasteiger partial charge in [0.1, 0.15) is 16.7 Å². The van der Waals surface area contributed by atoms with Gasteiger partial charge in [-0.2, -0.15) is 0 Å². The van der Waals surface area contributed by atoms with Crippen molar-refractivity contribution >= 4 is 17.5 Å². The number of nitrogens with one attached hydrogen (secondary N) is 1. The third-order valence-corrected chi connectivity index (χ3v) is 4.15. The molecule has 0 aliphatic carbocycles. The first-order valence-corrected chi connectivity index (χ1v) is 8.33. The van der Waals surface area contributed by atoms with Gasteiger partial charge in [-0.25, -0.2) is 4.98 Å². The van der Waals surface area contributed by atoms with Crippen LogP contribution in [0.3, 0.4) is 0 Å². The number of rotatable bonds is 4. The molecule has 3 heterocycles. The predicted octanol–water partition coefficient (Wildman–Crippen LogP) is 2.17. The Morgan fingerprint density at radius 3 is 2.96 bits per heavy atom. The molecule has 0 aromatic carbocycles. The van der Waals surface area contributed by atoms with Gasteiger partial charge in [-0.1, -0.05) is 11.6 Å². The number of hydrogen-bond donors (Lipinski definition) is 1. The van der Waals surface area contributed by atoms with E-state index in [9.17, 15) is 4.79 Å². The van der Waals surface area contributed by atoms with Crippen LogP contribution < -0.4 is 10.1 Å². The molecule has 2 aromatic rings. The molecule has 1 N–H and O–H groups in total. The summed E-state index contributed by atoms with van der Waals surface area (Å²) in [6.45, 7) is 6.37. The van der Waals surface area contributed by atoms with Gasteiger partial charge in [0.15, 0.2) is 0 Å². The molecule has 3 rings (SSSR count). The standard InChI is InChI=1S/C16H20ClN5O2/c1-9(2)24-16-13(17)6-11(7-18-16)15(23)19-12-4-5-14-21-20-10(3)22(14)8-12/h6-7,9,12H,4-5,8H2,1-3H3,(H,19,23)/t12-/m0/s1. The number of amides is 1. The summed E-state index contributed by atoms with van der Waals surface area (Å²) in [4.78, 5) is 16.6. The maximum Gasteiger partial charge on any atom is 0.253 e. The van der Waals surface area contributed by atoms with E-state index in [1.54, 1.807) is 6.07 Å². The van der Waals surface area contributed by atoms with Gasteiger partial charge in [-0.3, -0.25) is 4.79 Å². The van der Waals surface area contributed by atoms with Crippen LogP contribution >= 0.6 is 11.6 Å². The van der Waals surface area contributed by atoms with Gasteiger partial charge in [-0.15, -0.1) is 10.2 Å². The topological polar surface area (TPSA) is 81.9 Å². The molecule has 1 aliphatic rings. The fourth-order valence-corrected chi connectivity index (χ4v) is 2.92. The molecule has 0 saturated heterocycles. The molecule has 0 saturated carbocycles. The van der Waals surface area contributed by atoms with Crippen LogP contribution in [-0.4, -0.2) is 37.8 Å². The van der Waals surface area contributed by atoms with E-state index in [-0.39, 0.29) is 18.1 Å². The van der Waals surface area contributed by atoms with Crippen LogP contribution in [0.15, 0.2) is 12.3 Å². The van der Waals surface area contributed by atoms with Crippen molar-refractivity contribution in [3.05, 3.63) is 34.5 Å². The molecule has 1 atom stereocenters. The summed E-state index contributed by atoms with van der Waals surface area (Å²) >= 11 is 6.15. The molecule has 0 unspecified atom stereocenters. The number of nitrogens with zero attached hydrogens (tertiary/aromatic N) is 4. The Balaban J connectivity index is 1.67. The van der Waals surface area contributed by atoms with Crippen LogP contribution in [0.4, 0.5) is 0 Å². The number of ether oxygens (including phenoxy) is 1. The zero-order valence-corrected chi connectivity index (χ0v) is 14.7. The van der Waals surface area contributed by atoms with Crippen molar-refractivity contribution in [1.82, 2.24) is 25.1 Å². The molecular weight excluding hydrogens is 330 g/mol. The minimum absolute atomic E-state index is 0.0295. The molecule has 2 aromatic heterocycles. The number of aromatic nitrogens is 4. The summed E-state index contributed by atoms with van der Waals surface area (Å²) in [5.41, 5.74) is 0.419. The number of halogens is 1. The molecule has 0 fully saturated rings. The van der Waals surface area contributed by atoms with Crippen LogP contribution in [-0.2, 0) is 13.0 Å². The van der Waals surface area contributed by atoms with Crippen LogP contribution in [0.5, 0.6) is 5.88 Å². The lowest BCUT2D eigenvalue weighted by Crippen LogP contribution is -2.41. The third-order valence-electron chi connectivity index (χ3n) is 3.88. The molecule has 24 heavy (non-hydrogen) atoms. The first kappa shape index (κ1) is 16.7. The molecule has 1 aliphatic heterocycles. The van der Waals surface area contributed by atoms with Gasteiger partial charge in [-0.05, 0) is 33.3 Å². The van der Waals surface area contributed by atoms with E-state index < -0.39 is 0 Å². The van der Waals surface area contributed by atoms with E-state index in [0.717, 1.165) is 24.5 Å². The molecule has 7 nitrogen and oxygen atoms in total. The van der Waals surface area contributed by atoms with E-state index in [1.165, 1.54) is 6.20 Å². The first-order chi connectivity index (χ1) is 11.4. The predicted molar refractivity (Wildman–Crippen MR) is 89.3 cm³/mol. The number of pyridine rings is 1. The Morgan fingerprint density at radius 2 is 2.25 bits per heavy atom. The Labute approximate surface area is 145 Å². The van der Waals surface area contributed by atoms with E-state index in [4.69, 9.17) is 16.3 Å². The number of hydrogen-bond acceptors (Lipinski definition) is 5. The minimum Gasteiger partial charge on any atom is -0.474 e. The molecular formula is C16H20ClN5O2. The van der Waals surface area contributed by atoms with E-state index in [0.29, 0.717) is 23.0 Å². The fourth-order valence-electron chi connectivity index (χ4n) is 2.71. The van der Waals surface area contributed by atoms with Crippen molar-refractivity contribution in [2.75, 3.05) is 0 Å². The van der Waals surface area contributed by atoms with Gasteiger partial charge >= 0.3 is 0 Å². The smallest absolute Gasteiger partial charge is 0.253 e. The van der Waals surface area contributed by atoms with Crippen molar-refractivity contribution in [3.63, 3.8) is 0 Å². The van der Waals surface area contributed by atoms with E-state index in [1.807, 2.05) is 25.3 Å². The summed E-state index contributed by atoms with van der Waals surface area (Å²) in [5.74, 6) is 1.98. The van der Waals surface area contributed by atoms with Gasteiger partial charge in [0, 0.05) is 25.2 Å². The average Bonchev–Trinajstić information content (AvgIpc) is 2.90. The highest BCUT2D eigenvalue weighted by atomic mass is 35.5. The lowest BCUT2D eigenvalue weighted by Gasteiger charge is -2.25. The quantitative estimate of drug-likeness (QED) is 0.914. The monoisotopic (exact) mass is 349 g/mol. The number of aryl methyl sites for hydroxylation is 2. The zero-order chi connectivity index (χ0) is 17.3.